The standard InChI is InChI=1S/C13H18N4O2S2/c18-21(19,17-4-3-12-14-5-6-15-12)13-7-10(9-20-13)8-16-11-1-2-11/h5-7,9,11,16-17H,1-4,8H2,(H,14,15). The molecular weight excluding hydrogens is 308 g/mol. The highest BCUT2D eigenvalue weighted by Crippen LogP contribution is 2.22. The number of rotatable bonds is 8. The predicted octanol–water partition coefficient (Wildman–Crippen LogP) is 1.24. The molecule has 3 rings (SSSR count). The molecule has 0 bridgehead atoms. The highest BCUT2D eigenvalue weighted by molar-refractivity contribution is 7.91. The van der Waals surface area contributed by atoms with Gasteiger partial charge in [0.15, 0.2) is 0 Å². The van der Waals surface area contributed by atoms with Crippen LogP contribution >= 0.6 is 11.3 Å². The number of sulfonamides is 1. The zero-order chi connectivity index (χ0) is 14.7. The Kier molecular flexibility index (Phi) is 4.39. The fourth-order valence-corrected chi connectivity index (χ4v) is 4.23. The van der Waals surface area contributed by atoms with Gasteiger partial charge < -0.3 is 10.3 Å². The van der Waals surface area contributed by atoms with Crippen LogP contribution in [0.25, 0.3) is 0 Å². The Hall–Kier alpha value is -1.22. The molecule has 1 aliphatic carbocycles. The lowest BCUT2D eigenvalue weighted by Crippen LogP contribution is -2.25. The molecule has 21 heavy (non-hydrogen) atoms. The second-order valence-corrected chi connectivity index (χ2v) is 8.02. The molecule has 8 heteroatoms. The van der Waals surface area contributed by atoms with Crippen LogP contribution in [0.1, 0.15) is 24.2 Å². The Labute approximate surface area is 128 Å². The molecule has 2 aromatic heterocycles. The van der Waals surface area contributed by atoms with Crippen LogP contribution in [0, 0.1) is 0 Å². The number of nitrogens with zero attached hydrogens (tertiary/aromatic N) is 1. The van der Waals surface area contributed by atoms with Gasteiger partial charge in [0.1, 0.15) is 10.0 Å². The summed E-state index contributed by atoms with van der Waals surface area (Å²) in [5.74, 6) is 0.776. The van der Waals surface area contributed by atoms with E-state index >= 15 is 0 Å². The third-order valence-electron chi connectivity index (χ3n) is 3.28. The summed E-state index contributed by atoms with van der Waals surface area (Å²) in [4.78, 5) is 7.01. The molecule has 3 N–H and O–H groups in total. The van der Waals surface area contributed by atoms with Crippen molar-refractivity contribution in [3.63, 3.8) is 0 Å². The molecule has 0 spiro atoms. The van der Waals surface area contributed by atoms with Crippen LogP contribution in [0.3, 0.4) is 0 Å². The first-order chi connectivity index (χ1) is 10.1. The number of H-pyrrole nitrogens is 1. The zero-order valence-electron chi connectivity index (χ0n) is 11.5. The maximum atomic E-state index is 12.2. The first-order valence-corrected chi connectivity index (χ1v) is 9.28. The Balaban J connectivity index is 1.53. The molecule has 0 atom stereocenters. The Morgan fingerprint density at radius 1 is 1.43 bits per heavy atom. The van der Waals surface area contributed by atoms with Crippen LogP contribution < -0.4 is 10.0 Å². The maximum absolute atomic E-state index is 12.2. The average Bonchev–Trinajstić information content (AvgIpc) is 2.93. The highest BCUT2D eigenvalue weighted by atomic mass is 32.2. The molecule has 0 aromatic carbocycles. The summed E-state index contributed by atoms with van der Waals surface area (Å²) in [7, 11) is -3.42. The van der Waals surface area contributed by atoms with Crippen LogP contribution in [0.15, 0.2) is 28.0 Å². The van der Waals surface area contributed by atoms with E-state index in [1.165, 1.54) is 24.2 Å². The van der Waals surface area contributed by atoms with Crippen molar-refractivity contribution < 1.29 is 8.42 Å². The third-order valence-corrected chi connectivity index (χ3v) is 6.22. The van der Waals surface area contributed by atoms with Crippen LogP contribution in [-0.2, 0) is 23.0 Å². The molecule has 0 radical (unpaired) electrons. The number of thiophene rings is 1. The fraction of sp³-hybridized carbons (Fsp3) is 0.462. The van der Waals surface area contributed by atoms with Crippen LogP contribution in [-0.4, -0.2) is 31.0 Å². The van der Waals surface area contributed by atoms with Gasteiger partial charge in [0, 0.05) is 37.9 Å². The minimum absolute atomic E-state index is 0.337. The van der Waals surface area contributed by atoms with Crippen molar-refractivity contribution in [2.45, 2.75) is 36.1 Å². The molecular formula is C13H18N4O2S2. The lowest BCUT2D eigenvalue weighted by molar-refractivity contribution is 0.583. The van der Waals surface area contributed by atoms with Gasteiger partial charge in [-0.3, -0.25) is 0 Å². The van der Waals surface area contributed by atoms with E-state index in [-0.39, 0.29) is 0 Å². The molecule has 6 nitrogen and oxygen atoms in total. The summed E-state index contributed by atoms with van der Waals surface area (Å²) < 4.78 is 27.3. The van der Waals surface area contributed by atoms with Gasteiger partial charge in [-0.1, -0.05) is 0 Å². The number of nitrogens with one attached hydrogen (secondary N) is 3. The van der Waals surface area contributed by atoms with E-state index in [1.807, 2.05) is 5.38 Å². The topological polar surface area (TPSA) is 86.9 Å². The quantitative estimate of drug-likeness (QED) is 0.681. The monoisotopic (exact) mass is 326 g/mol. The molecule has 1 fully saturated rings. The van der Waals surface area contributed by atoms with Crippen molar-refractivity contribution in [3.05, 3.63) is 35.2 Å². The van der Waals surface area contributed by atoms with E-state index in [9.17, 15) is 8.42 Å². The summed E-state index contributed by atoms with van der Waals surface area (Å²) in [6, 6.07) is 2.37. The Morgan fingerprint density at radius 3 is 3.00 bits per heavy atom. The summed E-state index contributed by atoms with van der Waals surface area (Å²) in [5.41, 5.74) is 1.03. The Bertz CT molecular complexity index is 675. The number of hydrogen-bond donors (Lipinski definition) is 3. The molecule has 0 amide bonds. The van der Waals surface area contributed by atoms with Crippen LogP contribution in [0.4, 0.5) is 0 Å². The molecule has 1 aliphatic rings. The molecule has 2 aromatic rings. The second kappa shape index (κ2) is 6.27. The summed E-state index contributed by atoms with van der Waals surface area (Å²) in [6.07, 6.45) is 6.38. The average molecular weight is 326 g/mol. The maximum Gasteiger partial charge on any atom is 0.250 e. The van der Waals surface area contributed by atoms with Crippen molar-refractivity contribution in [2.24, 2.45) is 0 Å². The van der Waals surface area contributed by atoms with E-state index in [2.05, 4.69) is 20.0 Å². The lowest BCUT2D eigenvalue weighted by Gasteiger charge is -2.03. The number of hydrogen-bond acceptors (Lipinski definition) is 5. The molecule has 2 heterocycles. The van der Waals surface area contributed by atoms with Crippen LogP contribution in [0.5, 0.6) is 0 Å². The van der Waals surface area contributed by atoms with Gasteiger partial charge in [0.05, 0.1) is 0 Å². The first kappa shape index (κ1) is 14.7. The van der Waals surface area contributed by atoms with Gasteiger partial charge in [-0.25, -0.2) is 18.1 Å². The largest absolute Gasteiger partial charge is 0.349 e. The molecule has 0 aliphatic heterocycles. The summed E-state index contributed by atoms with van der Waals surface area (Å²) >= 11 is 1.26. The van der Waals surface area contributed by atoms with E-state index < -0.39 is 10.0 Å². The number of imidazole rings is 1. The SMILES string of the molecule is O=S(=O)(NCCc1ncc[nH]1)c1cc(CNC2CC2)cs1. The van der Waals surface area contributed by atoms with Crippen molar-refractivity contribution >= 4 is 21.4 Å². The predicted molar refractivity (Wildman–Crippen MR) is 81.7 cm³/mol. The highest BCUT2D eigenvalue weighted by Gasteiger charge is 2.21. The van der Waals surface area contributed by atoms with Crippen molar-refractivity contribution in [2.75, 3.05) is 6.54 Å². The van der Waals surface area contributed by atoms with Gasteiger partial charge in [0.2, 0.25) is 10.0 Å². The van der Waals surface area contributed by atoms with Crippen molar-refractivity contribution in [1.82, 2.24) is 20.0 Å². The van der Waals surface area contributed by atoms with E-state index in [0.29, 0.717) is 23.2 Å². The summed E-state index contributed by atoms with van der Waals surface area (Å²) in [5, 5.41) is 5.28. The van der Waals surface area contributed by atoms with E-state index in [4.69, 9.17) is 0 Å². The second-order valence-electron chi connectivity index (χ2n) is 5.11. The zero-order valence-corrected chi connectivity index (χ0v) is 13.1. The molecule has 1 saturated carbocycles. The molecule has 114 valence electrons. The lowest BCUT2D eigenvalue weighted by atomic mass is 10.3. The third kappa shape index (κ3) is 4.13. The van der Waals surface area contributed by atoms with Gasteiger partial charge in [-0.15, -0.1) is 11.3 Å². The van der Waals surface area contributed by atoms with Gasteiger partial charge >= 0.3 is 0 Å². The van der Waals surface area contributed by atoms with Crippen molar-refractivity contribution in [3.8, 4) is 0 Å². The normalized spacial score (nSPS) is 15.4. The summed E-state index contributed by atoms with van der Waals surface area (Å²) in [6.45, 7) is 1.08. The van der Waals surface area contributed by atoms with Crippen LogP contribution in [0.2, 0.25) is 0 Å². The molecule has 0 saturated heterocycles. The van der Waals surface area contributed by atoms with E-state index in [1.54, 1.807) is 18.5 Å². The number of aromatic nitrogens is 2. The van der Waals surface area contributed by atoms with Gasteiger partial charge in [0.25, 0.3) is 0 Å². The van der Waals surface area contributed by atoms with E-state index in [0.717, 1.165) is 17.9 Å². The number of aromatic amines is 1. The smallest absolute Gasteiger partial charge is 0.250 e. The van der Waals surface area contributed by atoms with Gasteiger partial charge in [-0.05, 0) is 29.9 Å². The van der Waals surface area contributed by atoms with Gasteiger partial charge in [-0.2, -0.15) is 0 Å². The minimum Gasteiger partial charge on any atom is -0.349 e. The Morgan fingerprint density at radius 2 is 2.29 bits per heavy atom. The fourth-order valence-electron chi connectivity index (χ4n) is 1.95. The molecule has 0 unspecified atom stereocenters. The van der Waals surface area contributed by atoms with Crippen molar-refractivity contribution in [1.29, 1.82) is 0 Å². The minimum atomic E-state index is -3.42. The first-order valence-electron chi connectivity index (χ1n) is 6.92.